The lowest BCUT2D eigenvalue weighted by Crippen LogP contribution is -2.14. The fourth-order valence-corrected chi connectivity index (χ4v) is 1.33. The van der Waals surface area contributed by atoms with Crippen molar-refractivity contribution in [1.82, 2.24) is 10.2 Å². The van der Waals surface area contributed by atoms with Crippen LogP contribution in [-0.2, 0) is 11.2 Å². The van der Waals surface area contributed by atoms with Crippen LogP contribution in [0.3, 0.4) is 0 Å². The highest BCUT2D eigenvalue weighted by Crippen LogP contribution is 2.08. The van der Waals surface area contributed by atoms with Crippen LogP contribution in [0.15, 0.2) is 28.7 Å². The van der Waals surface area contributed by atoms with E-state index in [1.165, 1.54) is 0 Å². The van der Waals surface area contributed by atoms with Crippen LogP contribution < -0.4 is 11.1 Å². The number of hydrogen-bond donors (Lipinski definition) is 2. The zero-order chi connectivity index (χ0) is 12.3. The van der Waals surface area contributed by atoms with Gasteiger partial charge in [0, 0.05) is 12.6 Å². The number of carbonyl (C=O) groups excluding carboxylic acids is 1. The third kappa shape index (κ3) is 3.04. The van der Waals surface area contributed by atoms with Gasteiger partial charge in [0.15, 0.2) is 0 Å². The Morgan fingerprint density at radius 2 is 2.06 bits per heavy atom. The molecule has 0 aliphatic heterocycles. The smallest absolute Gasteiger partial charge is 0.322 e. The lowest BCUT2D eigenvalue weighted by Gasteiger charge is -2.01. The van der Waals surface area contributed by atoms with E-state index in [4.69, 9.17) is 10.2 Å². The quantitative estimate of drug-likeness (QED) is 0.774. The number of nitrogens with two attached hydrogens (primary N) is 1. The molecule has 1 aromatic heterocycles. The molecule has 88 valence electrons. The second-order valence-electron chi connectivity index (χ2n) is 3.59. The molecule has 0 radical (unpaired) electrons. The number of nitrogen functional groups attached to an aromatic ring is 1. The van der Waals surface area contributed by atoms with Gasteiger partial charge < -0.3 is 10.2 Å². The number of carbonyl (C=O) groups is 1. The predicted molar refractivity (Wildman–Crippen MR) is 62.2 cm³/mol. The highest BCUT2D eigenvalue weighted by molar-refractivity contribution is 5.90. The largest absolute Gasteiger partial charge is 0.408 e. The van der Waals surface area contributed by atoms with Gasteiger partial charge in [0.05, 0.1) is 6.42 Å². The van der Waals surface area contributed by atoms with Crippen molar-refractivity contribution in [2.75, 3.05) is 11.1 Å². The number of benzene rings is 1. The summed E-state index contributed by atoms with van der Waals surface area (Å²) in [7, 11) is 0. The van der Waals surface area contributed by atoms with Crippen LogP contribution >= 0.6 is 0 Å². The van der Waals surface area contributed by atoms with Gasteiger partial charge in [-0.1, -0.05) is 17.2 Å². The lowest BCUT2D eigenvalue weighted by atomic mass is 10.1. The number of rotatable bonds is 3. The summed E-state index contributed by atoms with van der Waals surface area (Å²) in [5.74, 6) is 0.200. The van der Waals surface area contributed by atoms with Gasteiger partial charge in [0.2, 0.25) is 11.8 Å². The van der Waals surface area contributed by atoms with Crippen LogP contribution in [0.4, 0.5) is 11.7 Å². The van der Waals surface area contributed by atoms with E-state index in [1.54, 1.807) is 31.2 Å². The first kappa shape index (κ1) is 11.1. The van der Waals surface area contributed by atoms with Crippen LogP contribution in [0.2, 0.25) is 0 Å². The maximum atomic E-state index is 11.6. The average molecular weight is 232 g/mol. The molecule has 0 unspecified atom stereocenters. The molecular weight excluding hydrogens is 220 g/mol. The Balaban J connectivity index is 1.95. The summed E-state index contributed by atoms with van der Waals surface area (Å²) in [5, 5.41) is 9.80. The second-order valence-corrected chi connectivity index (χ2v) is 3.59. The molecule has 0 aliphatic rings. The van der Waals surface area contributed by atoms with Gasteiger partial charge in [-0.25, -0.2) is 0 Å². The van der Waals surface area contributed by atoms with Crippen LogP contribution in [0.5, 0.6) is 0 Å². The van der Waals surface area contributed by atoms with Gasteiger partial charge in [0.1, 0.15) is 0 Å². The standard InChI is InChI=1S/C11H12N4O2/c1-7-14-15-11(17-7)13-10(16)6-8-2-4-9(12)5-3-8/h2-5H,6,12H2,1H3,(H,13,15,16). The average Bonchev–Trinajstić information content (AvgIpc) is 2.67. The maximum Gasteiger partial charge on any atom is 0.322 e. The summed E-state index contributed by atoms with van der Waals surface area (Å²) >= 11 is 0. The molecule has 1 amide bonds. The van der Waals surface area contributed by atoms with Gasteiger partial charge in [-0.2, -0.15) is 0 Å². The number of nitrogens with one attached hydrogen (secondary N) is 1. The van der Waals surface area contributed by atoms with E-state index in [1.807, 2.05) is 0 Å². The third-order valence-electron chi connectivity index (χ3n) is 2.12. The number of hydrogen-bond acceptors (Lipinski definition) is 5. The first-order valence-electron chi connectivity index (χ1n) is 5.08. The summed E-state index contributed by atoms with van der Waals surface area (Å²) in [4.78, 5) is 11.6. The minimum atomic E-state index is -0.210. The van der Waals surface area contributed by atoms with Crippen molar-refractivity contribution < 1.29 is 9.21 Å². The number of amides is 1. The molecule has 0 saturated heterocycles. The minimum Gasteiger partial charge on any atom is -0.408 e. The zero-order valence-corrected chi connectivity index (χ0v) is 9.30. The molecule has 0 fully saturated rings. The Labute approximate surface area is 97.8 Å². The van der Waals surface area contributed by atoms with Crippen LogP contribution in [0.1, 0.15) is 11.5 Å². The summed E-state index contributed by atoms with van der Waals surface area (Å²) in [6.45, 7) is 1.66. The SMILES string of the molecule is Cc1nnc(NC(=O)Cc2ccc(N)cc2)o1. The van der Waals surface area contributed by atoms with Gasteiger partial charge in [-0.05, 0) is 17.7 Å². The normalized spacial score (nSPS) is 10.2. The molecule has 2 aromatic rings. The van der Waals surface area contributed by atoms with E-state index in [0.717, 1.165) is 5.56 Å². The maximum absolute atomic E-state index is 11.6. The van der Waals surface area contributed by atoms with E-state index in [9.17, 15) is 4.79 Å². The van der Waals surface area contributed by atoms with Gasteiger partial charge in [0.25, 0.3) is 0 Å². The Hall–Kier alpha value is -2.37. The minimum absolute atomic E-state index is 0.114. The molecule has 0 atom stereocenters. The Bertz CT molecular complexity index is 519. The zero-order valence-electron chi connectivity index (χ0n) is 9.30. The highest BCUT2D eigenvalue weighted by Gasteiger charge is 2.08. The topological polar surface area (TPSA) is 94.0 Å². The molecule has 2 rings (SSSR count). The molecule has 0 saturated carbocycles. The van der Waals surface area contributed by atoms with Crippen molar-refractivity contribution in [3.8, 4) is 0 Å². The fraction of sp³-hybridized carbons (Fsp3) is 0.182. The number of aryl methyl sites for hydroxylation is 1. The highest BCUT2D eigenvalue weighted by atomic mass is 16.4. The Morgan fingerprint density at radius 1 is 1.35 bits per heavy atom. The van der Waals surface area contributed by atoms with Gasteiger partial charge in [-0.15, -0.1) is 5.10 Å². The van der Waals surface area contributed by atoms with Crippen LogP contribution in [-0.4, -0.2) is 16.1 Å². The second kappa shape index (κ2) is 4.65. The molecule has 6 nitrogen and oxygen atoms in total. The number of aromatic nitrogens is 2. The van der Waals surface area contributed by atoms with E-state index < -0.39 is 0 Å². The van der Waals surface area contributed by atoms with Crippen molar-refractivity contribution in [1.29, 1.82) is 0 Å². The van der Waals surface area contributed by atoms with Gasteiger partial charge >= 0.3 is 6.01 Å². The van der Waals surface area contributed by atoms with Crippen molar-refractivity contribution >= 4 is 17.6 Å². The fourth-order valence-electron chi connectivity index (χ4n) is 1.33. The molecule has 1 heterocycles. The molecule has 1 aromatic carbocycles. The monoisotopic (exact) mass is 232 g/mol. The van der Waals surface area contributed by atoms with E-state index >= 15 is 0 Å². The lowest BCUT2D eigenvalue weighted by molar-refractivity contribution is -0.115. The van der Waals surface area contributed by atoms with Crippen molar-refractivity contribution in [2.24, 2.45) is 0 Å². The van der Waals surface area contributed by atoms with E-state index in [-0.39, 0.29) is 18.3 Å². The first-order chi connectivity index (χ1) is 8.13. The van der Waals surface area contributed by atoms with E-state index in [0.29, 0.717) is 11.6 Å². The molecule has 3 N–H and O–H groups in total. The Morgan fingerprint density at radius 3 is 2.65 bits per heavy atom. The molecule has 17 heavy (non-hydrogen) atoms. The summed E-state index contributed by atoms with van der Waals surface area (Å²) in [6, 6.07) is 7.21. The summed E-state index contributed by atoms with van der Waals surface area (Å²) in [6.07, 6.45) is 0.238. The summed E-state index contributed by atoms with van der Waals surface area (Å²) in [5.41, 5.74) is 7.09. The molecule has 0 spiro atoms. The van der Waals surface area contributed by atoms with E-state index in [2.05, 4.69) is 15.5 Å². The third-order valence-corrected chi connectivity index (χ3v) is 2.12. The Kier molecular flexibility index (Phi) is 3.04. The molecule has 0 aliphatic carbocycles. The molecular formula is C11H12N4O2. The van der Waals surface area contributed by atoms with Crippen LogP contribution in [0, 0.1) is 6.92 Å². The number of nitrogens with zero attached hydrogens (tertiary/aromatic N) is 2. The van der Waals surface area contributed by atoms with Crippen LogP contribution in [0.25, 0.3) is 0 Å². The number of anilines is 2. The molecule has 0 bridgehead atoms. The van der Waals surface area contributed by atoms with Crippen molar-refractivity contribution in [3.63, 3.8) is 0 Å². The first-order valence-corrected chi connectivity index (χ1v) is 5.08. The molecule has 6 heteroatoms. The van der Waals surface area contributed by atoms with Gasteiger partial charge in [-0.3, -0.25) is 10.1 Å². The summed E-state index contributed by atoms with van der Waals surface area (Å²) < 4.78 is 5.04. The van der Waals surface area contributed by atoms with Crippen molar-refractivity contribution in [2.45, 2.75) is 13.3 Å². The predicted octanol–water partition coefficient (Wildman–Crippen LogP) is 1.14. The van der Waals surface area contributed by atoms with Crippen molar-refractivity contribution in [3.05, 3.63) is 35.7 Å².